The summed E-state index contributed by atoms with van der Waals surface area (Å²) >= 11 is 6.48. The molecule has 0 atom stereocenters. The summed E-state index contributed by atoms with van der Waals surface area (Å²) in [5.41, 5.74) is 2.74. The van der Waals surface area contributed by atoms with E-state index < -0.39 is 5.91 Å². The molecule has 3 aromatic rings. The first kappa shape index (κ1) is 19.2. The second kappa shape index (κ2) is 8.09. The number of nitrogens with one attached hydrogen (secondary N) is 2. The van der Waals surface area contributed by atoms with Gasteiger partial charge in [-0.3, -0.25) is 9.59 Å². The van der Waals surface area contributed by atoms with E-state index in [1.807, 2.05) is 30.3 Å². The molecule has 1 fully saturated rings. The van der Waals surface area contributed by atoms with E-state index in [2.05, 4.69) is 15.7 Å². The van der Waals surface area contributed by atoms with Crippen molar-refractivity contribution in [3.63, 3.8) is 0 Å². The fraction of sp³-hybridized carbons (Fsp3) is 0.227. The summed E-state index contributed by atoms with van der Waals surface area (Å²) in [6.45, 7) is 2.21. The van der Waals surface area contributed by atoms with E-state index in [-0.39, 0.29) is 17.1 Å². The molecule has 0 saturated heterocycles. The van der Waals surface area contributed by atoms with Gasteiger partial charge in [0.2, 0.25) is 0 Å². The van der Waals surface area contributed by atoms with Crippen LogP contribution >= 0.6 is 11.6 Å². The molecule has 2 amide bonds. The molecule has 2 aromatic carbocycles. The van der Waals surface area contributed by atoms with E-state index in [9.17, 15) is 9.59 Å². The highest BCUT2D eigenvalue weighted by Crippen LogP contribution is 2.25. The van der Waals surface area contributed by atoms with Gasteiger partial charge in [-0.25, -0.2) is 4.68 Å². The number of halogens is 1. The van der Waals surface area contributed by atoms with Crippen molar-refractivity contribution in [2.75, 3.05) is 5.32 Å². The van der Waals surface area contributed by atoms with Gasteiger partial charge in [0, 0.05) is 6.04 Å². The molecule has 1 aliphatic rings. The molecule has 7 heteroatoms. The normalized spacial score (nSPS) is 13.2. The van der Waals surface area contributed by atoms with Crippen LogP contribution in [0.5, 0.6) is 0 Å². The van der Waals surface area contributed by atoms with Gasteiger partial charge in [-0.15, -0.1) is 0 Å². The number of aromatic nitrogens is 2. The SMILES string of the molecule is Cc1nn(Cc2ccccc2)c(Cl)c1C(=O)Nc1ccccc1C(=O)NC1CC1. The highest BCUT2D eigenvalue weighted by molar-refractivity contribution is 6.33. The lowest BCUT2D eigenvalue weighted by molar-refractivity contribution is 0.0952. The molecule has 1 aliphatic carbocycles. The first-order valence-corrected chi connectivity index (χ1v) is 9.89. The van der Waals surface area contributed by atoms with Gasteiger partial charge >= 0.3 is 0 Å². The highest BCUT2D eigenvalue weighted by Gasteiger charge is 2.26. The van der Waals surface area contributed by atoms with Gasteiger partial charge in [-0.1, -0.05) is 54.1 Å². The summed E-state index contributed by atoms with van der Waals surface area (Å²) in [6.07, 6.45) is 1.99. The Morgan fingerprint density at radius 1 is 1.07 bits per heavy atom. The number of rotatable bonds is 6. The molecule has 29 heavy (non-hydrogen) atoms. The number of carbonyl (C=O) groups is 2. The lowest BCUT2D eigenvalue weighted by Crippen LogP contribution is -2.27. The zero-order chi connectivity index (χ0) is 20.4. The zero-order valence-electron chi connectivity index (χ0n) is 16.0. The Labute approximate surface area is 173 Å². The Hall–Kier alpha value is -3.12. The van der Waals surface area contributed by atoms with Crippen LogP contribution in [0.3, 0.4) is 0 Å². The van der Waals surface area contributed by atoms with Crippen LogP contribution in [0, 0.1) is 6.92 Å². The van der Waals surface area contributed by atoms with Crippen molar-refractivity contribution >= 4 is 29.1 Å². The Bertz CT molecular complexity index is 1060. The van der Waals surface area contributed by atoms with Crippen LogP contribution in [-0.4, -0.2) is 27.6 Å². The number of amides is 2. The molecule has 4 rings (SSSR count). The minimum atomic E-state index is -0.390. The number of anilines is 1. The average Bonchev–Trinajstić information content (AvgIpc) is 3.47. The maximum absolute atomic E-state index is 13.0. The summed E-state index contributed by atoms with van der Waals surface area (Å²) < 4.78 is 1.60. The first-order chi connectivity index (χ1) is 14.0. The van der Waals surface area contributed by atoms with E-state index in [0.29, 0.717) is 29.1 Å². The van der Waals surface area contributed by atoms with Crippen molar-refractivity contribution in [1.82, 2.24) is 15.1 Å². The number of aryl methyl sites for hydroxylation is 1. The van der Waals surface area contributed by atoms with Gasteiger partial charge in [0.05, 0.1) is 29.1 Å². The van der Waals surface area contributed by atoms with Crippen LogP contribution in [0.4, 0.5) is 5.69 Å². The topological polar surface area (TPSA) is 76.0 Å². The zero-order valence-corrected chi connectivity index (χ0v) is 16.7. The van der Waals surface area contributed by atoms with Crippen molar-refractivity contribution in [2.24, 2.45) is 0 Å². The van der Waals surface area contributed by atoms with Crippen molar-refractivity contribution < 1.29 is 9.59 Å². The van der Waals surface area contributed by atoms with Crippen LogP contribution in [0.2, 0.25) is 5.15 Å². The fourth-order valence-corrected chi connectivity index (χ4v) is 3.46. The summed E-state index contributed by atoms with van der Waals surface area (Å²) in [7, 11) is 0. The van der Waals surface area contributed by atoms with E-state index in [4.69, 9.17) is 11.6 Å². The first-order valence-electron chi connectivity index (χ1n) is 9.51. The maximum Gasteiger partial charge on any atom is 0.260 e. The van der Waals surface area contributed by atoms with E-state index in [1.165, 1.54) is 0 Å². The summed E-state index contributed by atoms with van der Waals surface area (Å²) in [5.74, 6) is -0.579. The Balaban J connectivity index is 1.56. The highest BCUT2D eigenvalue weighted by atomic mass is 35.5. The van der Waals surface area contributed by atoms with Gasteiger partial charge in [-0.05, 0) is 37.5 Å². The Morgan fingerprint density at radius 2 is 1.76 bits per heavy atom. The quantitative estimate of drug-likeness (QED) is 0.646. The summed E-state index contributed by atoms with van der Waals surface area (Å²) in [6, 6.07) is 17.0. The number of hydrogen-bond acceptors (Lipinski definition) is 3. The molecule has 1 saturated carbocycles. The number of carbonyl (C=O) groups excluding carboxylic acids is 2. The third-order valence-electron chi connectivity index (χ3n) is 4.80. The van der Waals surface area contributed by atoms with E-state index in [1.54, 1.807) is 35.9 Å². The second-order valence-electron chi connectivity index (χ2n) is 7.14. The monoisotopic (exact) mass is 408 g/mol. The molecule has 0 spiro atoms. The lowest BCUT2D eigenvalue weighted by Gasteiger charge is -2.11. The average molecular weight is 409 g/mol. The van der Waals surface area contributed by atoms with Gasteiger partial charge in [0.25, 0.3) is 11.8 Å². The number of benzene rings is 2. The van der Waals surface area contributed by atoms with Crippen molar-refractivity contribution in [1.29, 1.82) is 0 Å². The van der Waals surface area contributed by atoms with Crippen LogP contribution in [-0.2, 0) is 6.54 Å². The lowest BCUT2D eigenvalue weighted by atomic mass is 10.1. The van der Waals surface area contributed by atoms with Crippen LogP contribution in [0.1, 0.15) is 44.8 Å². The molecule has 1 aromatic heterocycles. The van der Waals surface area contributed by atoms with Gasteiger partial charge in [0.1, 0.15) is 5.15 Å². The fourth-order valence-electron chi connectivity index (χ4n) is 3.14. The van der Waals surface area contributed by atoms with Crippen LogP contribution in [0.25, 0.3) is 0 Å². The van der Waals surface area contributed by atoms with E-state index >= 15 is 0 Å². The molecule has 0 unspecified atom stereocenters. The summed E-state index contributed by atoms with van der Waals surface area (Å²) in [4.78, 5) is 25.4. The molecule has 148 valence electrons. The smallest absolute Gasteiger partial charge is 0.260 e. The van der Waals surface area contributed by atoms with Crippen molar-refractivity contribution in [3.8, 4) is 0 Å². The molecule has 0 bridgehead atoms. The molecule has 6 nitrogen and oxygen atoms in total. The summed E-state index contributed by atoms with van der Waals surface area (Å²) in [5, 5.41) is 10.5. The minimum absolute atomic E-state index is 0.189. The number of hydrogen-bond donors (Lipinski definition) is 2. The Kier molecular flexibility index (Phi) is 5.36. The van der Waals surface area contributed by atoms with Gasteiger partial charge in [0.15, 0.2) is 0 Å². The second-order valence-corrected chi connectivity index (χ2v) is 7.50. The third-order valence-corrected chi connectivity index (χ3v) is 5.18. The predicted molar refractivity (Wildman–Crippen MR) is 112 cm³/mol. The Morgan fingerprint density at radius 3 is 2.48 bits per heavy atom. The molecule has 0 aliphatic heterocycles. The van der Waals surface area contributed by atoms with Crippen molar-refractivity contribution in [3.05, 3.63) is 82.1 Å². The number of nitrogens with zero attached hydrogens (tertiary/aromatic N) is 2. The van der Waals surface area contributed by atoms with Gasteiger partial charge in [-0.2, -0.15) is 5.10 Å². The van der Waals surface area contributed by atoms with Crippen molar-refractivity contribution in [2.45, 2.75) is 32.4 Å². The number of para-hydroxylation sites is 1. The van der Waals surface area contributed by atoms with E-state index in [0.717, 1.165) is 18.4 Å². The molecular weight excluding hydrogens is 388 g/mol. The molecule has 1 heterocycles. The largest absolute Gasteiger partial charge is 0.349 e. The van der Waals surface area contributed by atoms with Crippen LogP contribution < -0.4 is 10.6 Å². The maximum atomic E-state index is 13.0. The molecular formula is C22H21ClN4O2. The standard InChI is InChI=1S/C22H21ClN4O2/c1-14-19(20(23)27(26-14)13-15-7-3-2-4-8-15)22(29)25-18-10-6-5-9-17(18)21(28)24-16-11-12-16/h2-10,16H,11-13H2,1H3,(H,24,28)(H,25,29). The minimum Gasteiger partial charge on any atom is -0.349 e. The third kappa shape index (κ3) is 4.32. The van der Waals surface area contributed by atoms with Gasteiger partial charge < -0.3 is 10.6 Å². The van der Waals surface area contributed by atoms with Crippen LogP contribution in [0.15, 0.2) is 54.6 Å². The predicted octanol–water partition coefficient (Wildman–Crippen LogP) is 4.04. The molecule has 0 radical (unpaired) electrons. The molecule has 2 N–H and O–H groups in total.